The van der Waals surface area contributed by atoms with Crippen molar-refractivity contribution in [2.75, 3.05) is 0 Å². The van der Waals surface area contributed by atoms with Crippen LogP contribution in [0.1, 0.15) is 19.8 Å². The molecule has 2 heteroatoms. The van der Waals surface area contributed by atoms with Gasteiger partial charge in [0.2, 0.25) is 0 Å². The van der Waals surface area contributed by atoms with Gasteiger partial charge in [0.25, 0.3) is 0 Å². The highest BCUT2D eigenvalue weighted by molar-refractivity contribution is 5.52. The largest absolute Gasteiger partial charge is 0.390 e. The van der Waals surface area contributed by atoms with E-state index < -0.39 is 0 Å². The van der Waals surface area contributed by atoms with Gasteiger partial charge in [-0.05, 0) is 6.42 Å². The molecule has 0 radical (unpaired) electrons. The van der Waals surface area contributed by atoms with E-state index in [0.717, 1.165) is 12.8 Å². The molecule has 2 N–H and O–H groups in total. The van der Waals surface area contributed by atoms with E-state index >= 15 is 0 Å². The van der Waals surface area contributed by atoms with Crippen molar-refractivity contribution < 1.29 is 0 Å². The summed E-state index contributed by atoms with van der Waals surface area (Å²) in [5.41, 5.74) is 4.97. The second-order valence-corrected chi connectivity index (χ2v) is 1.47. The monoisotopic (exact) mass is 112 g/mol. The van der Waals surface area contributed by atoms with Gasteiger partial charge in [-0.2, -0.15) is 0 Å². The fraction of sp³-hybridized carbons (Fsp3) is 0.500. The average molecular weight is 112 g/mol. The Hall–Kier alpha value is -0.790. The summed E-state index contributed by atoms with van der Waals surface area (Å²) >= 11 is 0. The maximum atomic E-state index is 4.97. The summed E-state index contributed by atoms with van der Waals surface area (Å²) in [7, 11) is 0. The number of rotatable bonds is 3. The molecule has 0 spiro atoms. The first-order valence-electron chi connectivity index (χ1n) is 2.80. The van der Waals surface area contributed by atoms with Gasteiger partial charge in [-0.25, -0.2) is 4.99 Å². The second-order valence-electron chi connectivity index (χ2n) is 1.47. The summed E-state index contributed by atoms with van der Waals surface area (Å²) < 4.78 is 0. The highest BCUT2D eigenvalue weighted by atomic mass is 14.8. The molecule has 0 saturated carbocycles. The zero-order valence-electron chi connectivity index (χ0n) is 5.17. The van der Waals surface area contributed by atoms with E-state index in [1.165, 1.54) is 6.34 Å². The molecule has 0 fully saturated rings. The quantitative estimate of drug-likeness (QED) is 0.433. The molecule has 46 valence electrons. The Bertz CT molecular complexity index is 84.5. The molecule has 0 heterocycles. The SMILES string of the molecule is CCC/C=C/N=CN. The summed E-state index contributed by atoms with van der Waals surface area (Å²) in [6.45, 7) is 2.12. The first kappa shape index (κ1) is 7.21. The number of aliphatic imine (C=N–C) groups is 1. The average Bonchev–Trinajstić information content (AvgIpc) is 1.81. The third-order valence-corrected chi connectivity index (χ3v) is 0.733. The Morgan fingerprint density at radius 3 is 2.88 bits per heavy atom. The Labute approximate surface area is 50.1 Å². The molecule has 8 heavy (non-hydrogen) atoms. The van der Waals surface area contributed by atoms with E-state index in [0.29, 0.717) is 0 Å². The van der Waals surface area contributed by atoms with Crippen LogP contribution in [0.2, 0.25) is 0 Å². The number of allylic oxidation sites excluding steroid dienone is 1. The van der Waals surface area contributed by atoms with Crippen LogP contribution < -0.4 is 5.73 Å². The zero-order chi connectivity index (χ0) is 6.24. The maximum Gasteiger partial charge on any atom is 0.0852 e. The van der Waals surface area contributed by atoms with Crippen LogP contribution in [0.15, 0.2) is 17.3 Å². The minimum absolute atomic E-state index is 1.08. The van der Waals surface area contributed by atoms with Crippen molar-refractivity contribution in [1.82, 2.24) is 0 Å². The zero-order valence-corrected chi connectivity index (χ0v) is 5.17. The molecule has 0 bridgehead atoms. The third-order valence-electron chi connectivity index (χ3n) is 0.733. The molecule has 0 atom stereocenters. The smallest absolute Gasteiger partial charge is 0.0852 e. The van der Waals surface area contributed by atoms with Crippen molar-refractivity contribution in [3.05, 3.63) is 12.3 Å². The molecular weight excluding hydrogens is 100 g/mol. The van der Waals surface area contributed by atoms with Gasteiger partial charge in [0.15, 0.2) is 0 Å². The van der Waals surface area contributed by atoms with Crippen LogP contribution >= 0.6 is 0 Å². The lowest BCUT2D eigenvalue weighted by atomic mass is 10.3. The van der Waals surface area contributed by atoms with Gasteiger partial charge in [-0.15, -0.1) is 0 Å². The van der Waals surface area contributed by atoms with Gasteiger partial charge in [-0.3, -0.25) is 0 Å². The minimum Gasteiger partial charge on any atom is -0.390 e. The minimum atomic E-state index is 1.08. The molecule has 0 aromatic heterocycles. The van der Waals surface area contributed by atoms with Gasteiger partial charge in [0, 0.05) is 6.20 Å². The van der Waals surface area contributed by atoms with Crippen molar-refractivity contribution >= 4 is 6.34 Å². The lowest BCUT2D eigenvalue weighted by Crippen LogP contribution is -1.84. The molecule has 0 unspecified atom stereocenters. The van der Waals surface area contributed by atoms with Crippen LogP contribution in [0, 0.1) is 0 Å². The van der Waals surface area contributed by atoms with Crippen LogP contribution in [0.4, 0.5) is 0 Å². The van der Waals surface area contributed by atoms with Gasteiger partial charge >= 0.3 is 0 Å². The maximum absolute atomic E-state index is 4.97. The van der Waals surface area contributed by atoms with Gasteiger partial charge in [-0.1, -0.05) is 19.4 Å². The van der Waals surface area contributed by atoms with Crippen LogP contribution in [-0.4, -0.2) is 6.34 Å². The summed E-state index contributed by atoms with van der Waals surface area (Å²) in [4.78, 5) is 3.68. The van der Waals surface area contributed by atoms with Crippen LogP contribution in [-0.2, 0) is 0 Å². The summed E-state index contributed by atoms with van der Waals surface area (Å²) in [5, 5.41) is 0. The summed E-state index contributed by atoms with van der Waals surface area (Å²) in [6, 6.07) is 0. The van der Waals surface area contributed by atoms with E-state index in [9.17, 15) is 0 Å². The fourth-order valence-corrected chi connectivity index (χ4v) is 0.352. The van der Waals surface area contributed by atoms with E-state index in [4.69, 9.17) is 5.73 Å². The molecule has 0 aliphatic carbocycles. The number of hydrogen-bond acceptors (Lipinski definition) is 1. The summed E-state index contributed by atoms with van der Waals surface area (Å²) in [6.07, 6.45) is 7.23. The fourth-order valence-electron chi connectivity index (χ4n) is 0.352. The molecule has 0 aromatic rings. The van der Waals surface area contributed by atoms with Crippen molar-refractivity contribution in [3.63, 3.8) is 0 Å². The van der Waals surface area contributed by atoms with E-state index in [2.05, 4.69) is 11.9 Å². The van der Waals surface area contributed by atoms with Crippen molar-refractivity contribution in [1.29, 1.82) is 0 Å². The second kappa shape index (κ2) is 6.21. The lowest BCUT2D eigenvalue weighted by Gasteiger charge is -1.78. The van der Waals surface area contributed by atoms with Crippen molar-refractivity contribution in [3.8, 4) is 0 Å². The molecule has 0 rings (SSSR count). The van der Waals surface area contributed by atoms with Gasteiger partial charge < -0.3 is 5.73 Å². The van der Waals surface area contributed by atoms with Crippen LogP contribution in [0.25, 0.3) is 0 Å². The molecule has 0 amide bonds. The predicted octanol–water partition coefficient (Wildman–Crippen LogP) is 1.29. The van der Waals surface area contributed by atoms with Crippen LogP contribution in [0.5, 0.6) is 0 Å². The summed E-state index contributed by atoms with van der Waals surface area (Å²) in [5.74, 6) is 0. The third kappa shape index (κ3) is 5.21. The van der Waals surface area contributed by atoms with Gasteiger partial charge in [0.05, 0.1) is 6.34 Å². The molecule has 0 aliphatic rings. The highest BCUT2D eigenvalue weighted by Crippen LogP contribution is 1.86. The lowest BCUT2D eigenvalue weighted by molar-refractivity contribution is 0.956. The molecule has 0 saturated heterocycles. The Morgan fingerprint density at radius 2 is 2.38 bits per heavy atom. The van der Waals surface area contributed by atoms with E-state index in [-0.39, 0.29) is 0 Å². The van der Waals surface area contributed by atoms with E-state index in [1.807, 2.05) is 6.08 Å². The molecular formula is C6H12N2. The van der Waals surface area contributed by atoms with Crippen LogP contribution in [0.3, 0.4) is 0 Å². The van der Waals surface area contributed by atoms with Crippen molar-refractivity contribution in [2.45, 2.75) is 19.8 Å². The number of unbranched alkanes of at least 4 members (excludes halogenated alkanes) is 1. The first-order valence-corrected chi connectivity index (χ1v) is 2.80. The molecule has 0 aromatic carbocycles. The normalized spacial score (nSPS) is 11.6. The Kier molecular flexibility index (Phi) is 5.60. The number of nitrogens with two attached hydrogens (primary N) is 1. The number of nitrogens with zero attached hydrogens (tertiary/aromatic N) is 1. The molecule has 2 nitrogen and oxygen atoms in total. The standard InChI is InChI=1S/C6H12N2/c1-2-3-4-5-8-6-7/h4-6H,2-3H2,1H3,(H2,7,8)/b5-4+. The van der Waals surface area contributed by atoms with Crippen molar-refractivity contribution in [2.24, 2.45) is 10.7 Å². The Balaban J connectivity index is 3.07. The predicted molar refractivity (Wildman–Crippen MR) is 36.7 cm³/mol. The van der Waals surface area contributed by atoms with E-state index in [1.54, 1.807) is 6.20 Å². The first-order chi connectivity index (χ1) is 3.91. The highest BCUT2D eigenvalue weighted by Gasteiger charge is 1.67. The van der Waals surface area contributed by atoms with Gasteiger partial charge in [0.1, 0.15) is 0 Å². The molecule has 0 aliphatic heterocycles. The number of hydrogen-bond donors (Lipinski definition) is 1. The Morgan fingerprint density at radius 1 is 1.62 bits per heavy atom. The topological polar surface area (TPSA) is 38.4 Å².